The Morgan fingerprint density at radius 1 is 1.13 bits per heavy atom. The number of benzene rings is 2. The monoisotopic (exact) mass is 506 g/mol. The Kier molecular flexibility index (Phi) is 9.65. The fraction of sp³-hybridized carbons (Fsp3) is 0.409. The molecule has 0 aliphatic carbocycles. The molecule has 5 nitrogen and oxygen atoms in total. The minimum Gasteiger partial charge on any atom is -0.490 e. The van der Waals surface area contributed by atoms with Crippen molar-refractivity contribution in [2.45, 2.75) is 38.7 Å². The summed E-state index contributed by atoms with van der Waals surface area (Å²) in [5, 5.41) is 0.845. The molecule has 0 radical (unpaired) electrons. The lowest BCUT2D eigenvalue weighted by Gasteiger charge is -2.27. The van der Waals surface area contributed by atoms with E-state index in [0.717, 1.165) is 11.1 Å². The SMILES string of the molecule is CC(=O)[C@@H](CS(=O)O)Oc1ccc(C(C)(C)c2cc(Cl)c(OCCCCl)c(Cl)c2)cc1. The Bertz CT molecular complexity index is 908. The van der Waals surface area contributed by atoms with E-state index in [-0.39, 0.29) is 11.5 Å². The van der Waals surface area contributed by atoms with Gasteiger partial charge in [-0.15, -0.1) is 11.6 Å². The van der Waals surface area contributed by atoms with Crippen LogP contribution < -0.4 is 9.47 Å². The number of halogens is 3. The zero-order valence-corrected chi connectivity index (χ0v) is 20.6. The highest BCUT2D eigenvalue weighted by molar-refractivity contribution is 7.79. The maximum absolute atomic E-state index is 11.7. The second-order valence-corrected chi connectivity index (χ2v) is 9.68. The highest BCUT2D eigenvalue weighted by Gasteiger charge is 2.26. The number of alkyl halides is 1. The quantitative estimate of drug-likeness (QED) is 0.233. The molecule has 1 N–H and O–H groups in total. The molecule has 0 spiro atoms. The lowest BCUT2D eigenvalue weighted by molar-refractivity contribution is -0.122. The van der Waals surface area contributed by atoms with Crippen molar-refractivity contribution in [3.63, 3.8) is 0 Å². The van der Waals surface area contributed by atoms with Gasteiger partial charge in [-0.3, -0.25) is 4.79 Å². The lowest BCUT2D eigenvalue weighted by Crippen LogP contribution is -2.31. The molecule has 0 aliphatic heterocycles. The number of hydrogen-bond donors (Lipinski definition) is 1. The molecule has 2 rings (SSSR count). The average Bonchev–Trinajstić information content (AvgIpc) is 2.69. The minimum absolute atomic E-state index is 0.279. The molecule has 0 aromatic heterocycles. The van der Waals surface area contributed by atoms with Gasteiger partial charge in [-0.05, 0) is 48.7 Å². The topological polar surface area (TPSA) is 72.8 Å². The van der Waals surface area contributed by atoms with Crippen LogP contribution in [0.3, 0.4) is 0 Å². The van der Waals surface area contributed by atoms with Crippen LogP contribution in [0, 0.1) is 0 Å². The fourth-order valence-corrected chi connectivity index (χ4v) is 4.20. The molecule has 0 heterocycles. The van der Waals surface area contributed by atoms with Gasteiger partial charge in [0.25, 0.3) is 0 Å². The third-order valence-corrected chi connectivity index (χ3v) is 6.26. The average molecular weight is 508 g/mol. The van der Waals surface area contributed by atoms with Gasteiger partial charge in [-0.2, -0.15) is 0 Å². The Labute approximate surface area is 200 Å². The Morgan fingerprint density at radius 3 is 2.19 bits per heavy atom. The Balaban J connectivity index is 2.23. The molecule has 9 heteroatoms. The molecule has 0 saturated carbocycles. The van der Waals surface area contributed by atoms with Gasteiger partial charge in [0.1, 0.15) is 5.75 Å². The van der Waals surface area contributed by atoms with Crippen LogP contribution in [0.2, 0.25) is 10.0 Å². The smallest absolute Gasteiger partial charge is 0.171 e. The van der Waals surface area contributed by atoms with Crippen LogP contribution in [0.4, 0.5) is 0 Å². The van der Waals surface area contributed by atoms with E-state index in [0.29, 0.717) is 40.5 Å². The summed E-state index contributed by atoms with van der Waals surface area (Å²) in [6.45, 7) is 5.82. The maximum atomic E-state index is 11.7. The number of Topliss-reactive ketones (excluding diaryl/α,β-unsaturated/α-hetero) is 1. The third kappa shape index (κ3) is 7.09. The van der Waals surface area contributed by atoms with E-state index >= 15 is 0 Å². The maximum Gasteiger partial charge on any atom is 0.171 e. The normalized spacial score (nSPS) is 13.5. The predicted octanol–water partition coefficient (Wildman–Crippen LogP) is 5.89. The summed E-state index contributed by atoms with van der Waals surface area (Å²) in [4.78, 5) is 11.7. The van der Waals surface area contributed by atoms with Gasteiger partial charge in [0.15, 0.2) is 28.7 Å². The molecule has 31 heavy (non-hydrogen) atoms. The van der Waals surface area contributed by atoms with Gasteiger partial charge in [0, 0.05) is 11.3 Å². The van der Waals surface area contributed by atoms with Crippen LogP contribution in [-0.2, 0) is 21.3 Å². The van der Waals surface area contributed by atoms with Gasteiger partial charge >= 0.3 is 0 Å². The molecular weight excluding hydrogens is 483 g/mol. The summed E-state index contributed by atoms with van der Waals surface area (Å²) < 4.78 is 31.3. The zero-order chi connectivity index (χ0) is 23.2. The molecule has 0 saturated heterocycles. The first-order chi connectivity index (χ1) is 14.6. The summed E-state index contributed by atoms with van der Waals surface area (Å²) >= 11 is 16.4. The van der Waals surface area contributed by atoms with Crippen molar-refractivity contribution in [1.29, 1.82) is 0 Å². The summed E-state index contributed by atoms with van der Waals surface area (Å²) in [5.74, 6) is 0.770. The fourth-order valence-electron chi connectivity index (χ4n) is 2.93. The summed E-state index contributed by atoms with van der Waals surface area (Å²) in [6.07, 6.45) is -0.289. The molecule has 0 amide bonds. The van der Waals surface area contributed by atoms with Crippen molar-refractivity contribution >= 4 is 51.7 Å². The Hall–Kier alpha value is -1.31. The molecule has 2 aromatic carbocycles. The second-order valence-electron chi connectivity index (χ2n) is 7.51. The minimum atomic E-state index is -2.13. The van der Waals surface area contributed by atoms with Crippen molar-refractivity contribution in [2.24, 2.45) is 0 Å². The highest BCUT2D eigenvalue weighted by atomic mass is 35.5. The lowest BCUT2D eigenvalue weighted by atomic mass is 9.78. The summed E-state index contributed by atoms with van der Waals surface area (Å²) in [5.41, 5.74) is 1.43. The standard InChI is InChI=1S/C22H25Cl3O5S/c1-14(26)20(13-31(27)28)30-17-7-5-15(6-8-17)22(2,3)16-11-18(24)21(19(25)12-16)29-10-4-9-23/h5-8,11-12,20H,4,9-10,13H2,1-3H3,(H,27,28)/t20-/m1/s1. The molecule has 170 valence electrons. The van der Waals surface area contributed by atoms with Crippen LogP contribution in [0.1, 0.15) is 38.3 Å². The third-order valence-electron chi connectivity index (χ3n) is 4.85. The van der Waals surface area contributed by atoms with Crippen molar-refractivity contribution in [3.8, 4) is 11.5 Å². The van der Waals surface area contributed by atoms with Crippen LogP contribution in [-0.4, -0.2) is 38.9 Å². The van der Waals surface area contributed by atoms with Crippen molar-refractivity contribution < 1.29 is 23.0 Å². The predicted molar refractivity (Wildman–Crippen MR) is 127 cm³/mol. The van der Waals surface area contributed by atoms with E-state index in [1.54, 1.807) is 12.1 Å². The molecule has 1 unspecified atom stereocenters. The van der Waals surface area contributed by atoms with Crippen LogP contribution >= 0.6 is 34.8 Å². The number of ketones is 1. The van der Waals surface area contributed by atoms with E-state index < -0.39 is 22.6 Å². The molecule has 0 bridgehead atoms. The first-order valence-electron chi connectivity index (χ1n) is 9.59. The van der Waals surface area contributed by atoms with E-state index in [4.69, 9.17) is 48.8 Å². The van der Waals surface area contributed by atoms with Crippen LogP contribution in [0.25, 0.3) is 0 Å². The van der Waals surface area contributed by atoms with Gasteiger partial charge in [0.2, 0.25) is 0 Å². The van der Waals surface area contributed by atoms with E-state index in [9.17, 15) is 9.00 Å². The van der Waals surface area contributed by atoms with E-state index in [2.05, 4.69) is 0 Å². The van der Waals surface area contributed by atoms with Gasteiger partial charge in [0.05, 0.1) is 22.4 Å². The van der Waals surface area contributed by atoms with Crippen LogP contribution in [0.15, 0.2) is 36.4 Å². The van der Waals surface area contributed by atoms with Gasteiger partial charge in [-0.1, -0.05) is 49.2 Å². The molecule has 2 aromatic rings. The first-order valence-corrected chi connectivity index (χ1v) is 12.2. The zero-order valence-electron chi connectivity index (χ0n) is 17.5. The van der Waals surface area contributed by atoms with E-state index in [1.165, 1.54) is 6.92 Å². The largest absolute Gasteiger partial charge is 0.490 e. The van der Waals surface area contributed by atoms with Gasteiger partial charge < -0.3 is 14.0 Å². The number of rotatable bonds is 11. The summed E-state index contributed by atoms with van der Waals surface area (Å²) in [7, 11) is 0. The number of hydrogen-bond acceptors (Lipinski definition) is 4. The molecular formula is C22H25Cl3O5S. The number of ether oxygens (including phenoxy) is 2. The van der Waals surface area contributed by atoms with Crippen molar-refractivity contribution in [2.75, 3.05) is 18.2 Å². The van der Waals surface area contributed by atoms with Crippen molar-refractivity contribution in [3.05, 3.63) is 57.6 Å². The molecule has 2 atom stereocenters. The number of carbonyl (C=O) groups excluding carboxylic acids is 1. The van der Waals surface area contributed by atoms with Gasteiger partial charge in [-0.25, -0.2) is 4.21 Å². The second kappa shape index (κ2) is 11.5. The molecule has 0 aliphatic rings. The Morgan fingerprint density at radius 2 is 1.71 bits per heavy atom. The highest BCUT2D eigenvalue weighted by Crippen LogP contribution is 2.40. The molecule has 0 fully saturated rings. The van der Waals surface area contributed by atoms with Crippen molar-refractivity contribution in [1.82, 2.24) is 0 Å². The first kappa shape index (κ1) is 25.9. The van der Waals surface area contributed by atoms with E-state index in [1.807, 2.05) is 38.1 Å². The van der Waals surface area contributed by atoms with Crippen LogP contribution in [0.5, 0.6) is 11.5 Å². The number of carbonyl (C=O) groups is 1. The summed E-state index contributed by atoms with van der Waals surface area (Å²) in [6, 6.07) is 10.8.